The molecule has 2 aromatic heterocycles. The number of allylic oxidation sites excluding steroid dienone is 1. The third kappa shape index (κ3) is 3.64. The molecule has 5 aromatic rings. The van der Waals surface area contributed by atoms with E-state index in [1.807, 2.05) is 60.0 Å². The summed E-state index contributed by atoms with van der Waals surface area (Å²) >= 11 is 0. The number of aliphatic hydroxyl groups excluding tert-OH is 1. The molecule has 6 rings (SSSR count). The third-order valence-electron chi connectivity index (χ3n) is 6.36. The molecule has 0 radical (unpaired) electrons. The lowest BCUT2D eigenvalue weighted by molar-refractivity contribution is 0.267. The average Bonchev–Trinajstić information content (AvgIpc) is 3.43. The Kier molecular flexibility index (Phi) is 5.08. The second kappa shape index (κ2) is 8.41. The van der Waals surface area contributed by atoms with Gasteiger partial charge in [-0.2, -0.15) is 0 Å². The fraction of sp³-hybridized carbons (Fsp3) is 0.148. The number of benzene rings is 3. The summed E-state index contributed by atoms with van der Waals surface area (Å²) in [5.74, 6) is 1.17. The first-order valence-electron chi connectivity index (χ1n) is 11.3. The zero-order chi connectivity index (χ0) is 23.9. The SMILES string of the molecule is CC(=C1c2ccc(Cn3c(CO)nc4ccccc43)cc2COc2ccccc21)c1noc(=O)[nH]1. The number of nitrogens with zero attached hydrogens (tertiary/aromatic N) is 3. The molecule has 3 heterocycles. The van der Waals surface area contributed by atoms with Crippen LogP contribution in [0.2, 0.25) is 0 Å². The van der Waals surface area contributed by atoms with Gasteiger partial charge in [-0.25, -0.2) is 9.78 Å². The van der Waals surface area contributed by atoms with Crippen LogP contribution in [0.1, 0.15) is 40.8 Å². The molecule has 0 saturated heterocycles. The van der Waals surface area contributed by atoms with Gasteiger partial charge in [0.25, 0.3) is 0 Å². The van der Waals surface area contributed by atoms with Gasteiger partial charge in [-0.1, -0.05) is 47.6 Å². The lowest BCUT2D eigenvalue weighted by Crippen LogP contribution is -2.07. The molecule has 8 nitrogen and oxygen atoms in total. The maximum Gasteiger partial charge on any atom is 0.439 e. The van der Waals surface area contributed by atoms with Gasteiger partial charge in [-0.15, -0.1) is 0 Å². The maximum atomic E-state index is 11.6. The molecular weight excluding hydrogens is 444 g/mol. The van der Waals surface area contributed by atoms with Gasteiger partial charge in [-0.05, 0) is 53.5 Å². The number of ether oxygens (including phenoxy) is 1. The van der Waals surface area contributed by atoms with Crippen molar-refractivity contribution in [2.75, 3.05) is 0 Å². The molecule has 0 saturated carbocycles. The number of H-pyrrole nitrogens is 1. The van der Waals surface area contributed by atoms with E-state index in [1.54, 1.807) is 0 Å². The van der Waals surface area contributed by atoms with Gasteiger partial charge in [0.15, 0.2) is 5.82 Å². The second-order valence-corrected chi connectivity index (χ2v) is 8.48. The van der Waals surface area contributed by atoms with Crippen molar-refractivity contribution in [1.82, 2.24) is 19.7 Å². The standard InChI is InChI=1S/C27H22N4O4/c1-16(26-29-27(33)35-30-26)25-19-11-10-17(12-18(19)15-34-23-9-5-2-6-20(23)25)13-31-22-8-4-3-7-21(22)28-24(31)14-32/h2-12,32H,13-15H2,1H3,(H,29,30,33). The normalized spacial score (nSPS) is 14.2. The molecule has 0 atom stereocenters. The number of hydrogen-bond donors (Lipinski definition) is 2. The molecule has 0 aliphatic carbocycles. The van der Waals surface area contributed by atoms with Gasteiger partial charge < -0.3 is 14.4 Å². The summed E-state index contributed by atoms with van der Waals surface area (Å²) in [4.78, 5) is 18.8. The van der Waals surface area contributed by atoms with Crippen LogP contribution >= 0.6 is 0 Å². The molecule has 174 valence electrons. The van der Waals surface area contributed by atoms with Crippen molar-refractivity contribution < 1.29 is 14.4 Å². The first-order chi connectivity index (χ1) is 17.1. The fourth-order valence-corrected chi connectivity index (χ4v) is 4.73. The van der Waals surface area contributed by atoms with E-state index in [0.717, 1.165) is 50.2 Å². The highest BCUT2D eigenvalue weighted by Crippen LogP contribution is 2.40. The maximum absolute atomic E-state index is 11.6. The minimum atomic E-state index is -0.596. The van der Waals surface area contributed by atoms with Gasteiger partial charge >= 0.3 is 5.76 Å². The first kappa shape index (κ1) is 21.1. The van der Waals surface area contributed by atoms with Gasteiger partial charge in [0, 0.05) is 17.7 Å². The molecule has 2 N–H and O–H groups in total. The predicted molar refractivity (Wildman–Crippen MR) is 131 cm³/mol. The van der Waals surface area contributed by atoms with Gasteiger partial charge in [0.1, 0.15) is 24.8 Å². The number of hydrogen-bond acceptors (Lipinski definition) is 6. The molecule has 0 unspecified atom stereocenters. The topological polar surface area (TPSA) is 106 Å². The van der Waals surface area contributed by atoms with E-state index in [-0.39, 0.29) is 6.61 Å². The highest BCUT2D eigenvalue weighted by Gasteiger charge is 2.23. The first-order valence-corrected chi connectivity index (χ1v) is 11.3. The van der Waals surface area contributed by atoms with Crippen LogP contribution in [0.15, 0.2) is 76.0 Å². The predicted octanol–water partition coefficient (Wildman–Crippen LogP) is 4.12. The molecule has 35 heavy (non-hydrogen) atoms. The Balaban J connectivity index is 1.49. The molecular formula is C27H22N4O4. The van der Waals surface area contributed by atoms with Gasteiger partial charge in [0.2, 0.25) is 0 Å². The van der Waals surface area contributed by atoms with E-state index >= 15 is 0 Å². The Bertz CT molecular complexity index is 1660. The number of rotatable bonds is 4. The smallest absolute Gasteiger partial charge is 0.439 e. The summed E-state index contributed by atoms with van der Waals surface area (Å²) in [6, 6.07) is 22.0. The lowest BCUT2D eigenvalue weighted by Gasteiger charge is -2.15. The van der Waals surface area contributed by atoms with Crippen LogP contribution in [0.4, 0.5) is 0 Å². The molecule has 1 aliphatic rings. The summed E-state index contributed by atoms with van der Waals surface area (Å²) in [6.07, 6.45) is 0. The van der Waals surface area contributed by atoms with Crippen molar-refractivity contribution in [1.29, 1.82) is 0 Å². The summed E-state index contributed by atoms with van der Waals surface area (Å²) in [6.45, 7) is 2.73. The minimum absolute atomic E-state index is 0.139. The summed E-state index contributed by atoms with van der Waals surface area (Å²) in [5.41, 5.74) is 7.52. The quantitative estimate of drug-likeness (QED) is 0.413. The van der Waals surface area contributed by atoms with Crippen LogP contribution in [0.5, 0.6) is 5.75 Å². The van der Waals surface area contributed by atoms with E-state index < -0.39 is 5.76 Å². The number of nitrogens with one attached hydrogen (secondary N) is 1. The molecule has 1 aliphatic heterocycles. The van der Waals surface area contributed by atoms with Crippen LogP contribution in [-0.4, -0.2) is 24.8 Å². The molecule has 0 spiro atoms. The lowest BCUT2D eigenvalue weighted by atomic mass is 9.89. The van der Waals surface area contributed by atoms with Crippen molar-refractivity contribution in [3.05, 3.63) is 111 Å². The van der Waals surface area contributed by atoms with E-state index in [4.69, 9.17) is 9.26 Å². The number of imidazole rings is 1. The number of aliphatic hydroxyl groups is 1. The fourth-order valence-electron chi connectivity index (χ4n) is 4.73. The number of aromatic amines is 1. The van der Waals surface area contributed by atoms with E-state index in [1.165, 1.54) is 0 Å². The number of para-hydroxylation sites is 3. The van der Waals surface area contributed by atoms with E-state index in [2.05, 4.69) is 33.3 Å². The van der Waals surface area contributed by atoms with Crippen LogP contribution in [0.3, 0.4) is 0 Å². The van der Waals surface area contributed by atoms with Crippen LogP contribution in [0.25, 0.3) is 22.2 Å². The highest BCUT2D eigenvalue weighted by atomic mass is 16.5. The molecule has 0 bridgehead atoms. The van der Waals surface area contributed by atoms with Crippen LogP contribution < -0.4 is 10.5 Å². The Morgan fingerprint density at radius 1 is 1.09 bits per heavy atom. The van der Waals surface area contributed by atoms with E-state index in [0.29, 0.717) is 24.8 Å². The highest BCUT2D eigenvalue weighted by molar-refractivity contribution is 5.99. The van der Waals surface area contributed by atoms with E-state index in [9.17, 15) is 9.90 Å². The monoisotopic (exact) mass is 466 g/mol. The largest absolute Gasteiger partial charge is 0.488 e. The Hall–Kier alpha value is -4.43. The zero-order valence-electron chi connectivity index (χ0n) is 19.0. The van der Waals surface area contributed by atoms with Crippen molar-refractivity contribution in [3.8, 4) is 5.75 Å². The van der Waals surface area contributed by atoms with Gasteiger partial charge in [-0.3, -0.25) is 9.51 Å². The number of fused-ring (bicyclic) bond motifs is 3. The minimum Gasteiger partial charge on any atom is -0.488 e. The van der Waals surface area contributed by atoms with Crippen molar-refractivity contribution >= 4 is 22.2 Å². The van der Waals surface area contributed by atoms with Crippen molar-refractivity contribution in [2.45, 2.75) is 26.7 Å². The average molecular weight is 466 g/mol. The van der Waals surface area contributed by atoms with Gasteiger partial charge in [0.05, 0.1) is 11.0 Å². The molecule has 0 amide bonds. The Labute approximate surface area is 200 Å². The summed E-state index contributed by atoms with van der Waals surface area (Å²) < 4.78 is 13.0. The molecule has 3 aromatic carbocycles. The second-order valence-electron chi connectivity index (χ2n) is 8.48. The molecule has 0 fully saturated rings. The zero-order valence-corrected chi connectivity index (χ0v) is 19.0. The third-order valence-corrected chi connectivity index (χ3v) is 6.36. The summed E-state index contributed by atoms with van der Waals surface area (Å²) in [5, 5.41) is 13.8. The Morgan fingerprint density at radius 2 is 1.91 bits per heavy atom. The summed E-state index contributed by atoms with van der Waals surface area (Å²) in [7, 11) is 0. The number of aromatic nitrogens is 4. The van der Waals surface area contributed by atoms with Crippen LogP contribution in [0, 0.1) is 0 Å². The Morgan fingerprint density at radius 3 is 2.74 bits per heavy atom. The van der Waals surface area contributed by atoms with Crippen LogP contribution in [-0.2, 0) is 19.8 Å². The van der Waals surface area contributed by atoms with Crippen molar-refractivity contribution in [3.63, 3.8) is 0 Å². The molecule has 8 heteroatoms. The van der Waals surface area contributed by atoms with Crippen molar-refractivity contribution in [2.24, 2.45) is 0 Å².